The van der Waals surface area contributed by atoms with Crippen molar-refractivity contribution in [1.29, 1.82) is 0 Å². The van der Waals surface area contributed by atoms with Crippen LogP contribution in [-0.4, -0.2) is 38.5 Å². The Bertz CT molecular complexity index is 1260. The molecule has 0 aliphatic carbocycles. The Morgan fingerprint density at radius 3 is 2.35 bits per heavy atom. The summed E-state index contributed by atoms with van der Waals surface area (Å²) in [6, 6.07) is 19.0. The quantitative estimate of drug-likeness (QED) is 0.362. The summed E-state index contributed by atoms with van der Waals surface area (Å²) in [4.78, 5) is 12.5. The molecule has 3 rings (SSSR count). The molecular formula is C24H23F2N3O4S. The number of rotatable bonds is 9. The van der Waals surface area contributed by atoms with Gasteiger partial charge in [0.05, 0.1) is 11.1 Å². The number of carbonyl (C=O) groups is 1. The second-order valence-electron chi connectivity index (χ2n) is 7.39. The predicted molar refractivity (Wildman–Crippen MR) is 124 cm³/mol. The maximum Gasteiger partial charge on any atom is 0.387 e. The molecule has 0 heterocycles. The second kappa shape index (κ2) is 11.0. The fraction of sp³-hybridized carbons (Fsp3) is 0.167. The van der Waals surface area contributed by atoms with E-state index < -0.39 is 22.5 Å². The van der Waals surface area contributed by atoms with Crippen LogP contribution >= 0.6 is 0 Å². The first kappa shape index (κ1) is 25.0. The molecule has 3 aromatic carbocycles. The molecule has 3 aromatic rings. The standard InChI is InChI=1S/C24H23F2N3O4S/c1-17-7-13-21(14-8-17)34(31,32)29(2)16-18-9-11-19(12-10-18)23(30)28-27-15-20-5-3-4-6-22(20)33-24(25)26/h3-15,24H,16H2,1-2H3,(H,28,30)/b27-15+. The van der Waals surface area contributed by atoms with Gasteiger partial charge in [-0.2, -0.15) is 18.2 Å². The summed E-state index contributed by atoms with van der Waals surface area (Å²) in [5.74, 6) is -0.583. The van der Waals surface area contributed by atoms with Gasteiger partial charge in [-0.1, -0.05) is 42.0 Å². The maximum absolute atomic E-state index is 12.7. The van der Waals surface area contributed by atoms with Crippen LogP contribution in [0.25, 0.3) is 0 Å². The Morgan fingerprint density at radius 2 is 1.71 bits per heavy atom. The Labute approximate surface area is 196 Å². The van der Waals surface area contributed by atoms with Crippen LogP contribution < -0.4 is 10.2 Å². The van der Waals surface area contributed by atoms with Gasteiger partial charge in [0.25, 0.3) is 5.91 Å². The molecule has 0 bridgehead atoms. The number of halogens is 2. The molecule has 7 nitrogen and oxygen atoms in total. The molecule has 0 aliphatic heterocycles. The van der Waals surface area contributed by atoms with E-state index in [-0.39, 0.29) is 22.8 Å². The number of nitrogens with zero attached hydrogens (tertiary/aromatic N) is 2. The van der Waals surface area contributed by atoms with Crippen molar-refractivity contribution in [2.24, 2.45) is 5.10 Å². The molecule has 0 radical (unpaired) electrons. The van der Waals surface area contributed by atoms with Gasteiger partial charge in [-0.15, -0.1) is 0 Å². The Kier molecular flexibility index (Phi) is 8.08. The van der Waals surface area contributed by atoms with Crippen LogP contribution in [0, 0.1) is 6.92 Å². The van der Waals surface area contributed by atoms with Crippen LogP contribution in [0.3, 0.4) is 0 Å². The number of amides is 1. The lowest BCUT2D eigenvalue weighted by Crippen LogP contribution is -2.26. The van der Waals surface area contributed by atoms with Crippen LogP contribution in [0.4, 0.5) is 8.78 Å². The van der Waals surface area contributed by atoms with Gasteiger partial charge in [-0.25, -0.2) is 13.8 Å². The Morgan fingerprint density at radius 1 is 1.06 bits per heavy atom. The first-order chi connectivity index (χ1) is 16.2. The monoisotopic (exact) mass is 487 g/mol. The van der Waals surface area contributed by atoms with E-state index >= 15 is 0 Å². The smallest absolute Gasteiger partial charge is 0.387 e. The molecule has 34 heavy (non-hydrogen) atoms. The van der Waals surface area contributed by atoms with Gasteiger partial charge in [0.15, 0.2) is 0 Å². The molecule has 0 saturated carbocycles. The second-order valence-corrected chi connectivity index (χ2v) is 9.43. The number of hydrazone groups is 1. The molecule has 0 aliphatic rings. The van der Waals surface area contributed by atoms with E-state index in [2.05, 4.69) is 15.3 Å². The molecule has 0 atom stereocenters. The van der Waals surface area contributed by atoms with Crippen molar-refractivity contribution in [2.75, 3.05) is 7.05 Å². The van der Waals surface area contributed by atoms with Crippen molar-refractivity contribution < 1.29 is 26.7 Å². The van der Waals surface area contributed by atoms with Gasteiger partial charge >= 0.3 is 6.61 Å². The zero-order valence-corrected chi connectivity index (χ0v) is 19.3. The Hall–Kier alpha value is -3.63. The normalized spacial score (nSPS) is 11.8. The van der Waals surface area contributed by atoms with E-state index in [1.54, 1.807) is 60.7 Å². The number of para-hydroxylation sites is 1. The van der Waals surface area contributed by atoms with E-state index in [0.29, 0.717) is 11.1 Å². The summed E-state index contributed by atoms with van der Waals surface area (Å²) < 4.78 is 56.1. The van der Waals surface area contributed by atoms with Gasteiger partial charge in [0.1, 0.15) is 5.75 Å². The molecule has 10 heteroatoms. The van der Waals surface area contributed by atoms with Gasteiger partial charge in [-0.3, -0.25) is 4.79 Å². The number of hydrogen-bond donors (Lipinski definition) is 1. The zero-order chi connectivity index (χ0) is 24.7. The molecule has 0 saturated heterocycles. The number of alkyl halides is 2. The summed E-state index contributed by atoms with van der Waals surface area (Å²) in [6.45, 7) is -0.977. The van der Waals surface area contributed by atoms with E-state index in [0.717, 1.165) is 5.56 Å². The number of carbonyl (C=O) groups excluding carboxylic acids is 1. The van der Waals surface area contributed by atoms with Gasteiger partial charge < -0.3 is 4.74 Å². The van der Waals surface area contributed by atoms with Crippen molar-refractivity contribution in [3.63, 3.8) is 0 Å². The summed E-state index contributed by atoms with van der Waals surface area (Å²) in [6.07, 6.45) is 1.20. The van der Waals surface area contributed by atoms with Gasteiger partial charge in [0, 0.05) is 24.7 Å². The third-order valence-electron chi connectivity index (χ3n) is 4.86. The largest absolute Gasteiger partial charge is 0.434 e. The minimum atomic E-state index is -3.65. The van der Waals surface area contributed by atoms with E-state index in [1.165, 1.54) is 29.7 Å². The number of hydrogen-bond acceptors (Lipinski definition) is 5. The summed E-state index contributed by atoms with van der Waals surface area (Å²) in [7, 11) is -2.17. The van der Waals surface area contributed by atoms with E-state index in [1.807, 2.05) is 6.92 Å². The zero-order valence-electron chi connectivity index (χ0n) is 18.5. The maximum atomic E-state index is 12.7. The highest BCUT2D eigenvalue weighted by Crippen LogP contribution is 2.19. The third-order valence-corrected chi connectivity index (χ3v) is 6.67. The number of nitrogens with one attached hydrogen (secondary N) is 1. The molecule has 1 amide bonds. The third kappa shape index (κ3) is 6.46. The Balaban J connectivity index is 1.61. The highest BCUT2D eigenvalue weighted by Gasteiger charge is 2.20. The predicted octanol–water partition coefficient (Wildman–Crippen LogP) is 4.18. The fourth-order valence-corrected chi connectivity index (χ4v) is 4.17. The van der Waals surface area contributed by atoms with Crippen LogP contribution in [0.1, 0.15) is 27.0 Å². The number of aryl methyl sites for hydroxylation is 1. The van der Waals surface area contributed by atoms with E-state index in [4.69, 9.17) is 0 Å². The summed E-state index contributed by atoms with van der Waals surface area (Å²) in [5, 5.41) is 3.79. The average molecular weight is 488 g/mol. The number of ether oxygens (including phenoxy) is 1. The fourth-order valence-electron chi connectivity index (χ4n) is 3.01. The number of sulfonamides is 1. The van der Waals surface area contributed by atoms with Gasteiger partial charge in [0.2, 0.25) is 10.0 Å². The molecular weight excluding hydrogens is 464 g/mol. The topological polar surface area (TPSA) is 88.1 Å². The van der Waals surface area contributed by atoms with E-state index in [9.17, 15) is 22.0 Å². The number of benzene rings is 3. The first-order valence-corrected chi connectivity index (χ1v) is 11.6. The van der Waals surface area contributed by atoms with Crippen LogP contribution in [0.15, 0.2) is 82.8 Å². The minimum Gasteiger partial charge on any atom is -0.434 e. The summed E-state index contributed by atoms with van der Waals surface area (Å²) >= 11 is 0. The van der Waals surface area contributed by atoms with Crippen LogP contribution in [0.2, 0.25) is 0 Å². The van der Waals surface area contributed by atoms with Crippen molar-refractivity contribution in [2.45, 2.75) is 25.0 Å². The summed E-state index contributed by atoms with van der Waals surface area (Å²) in [5.41, 5.74) is 4.54. The van der Waals surface area contributed by atoms with Crippen molar-refractivity contribution in [1.82, 2.24) is 9.73 Å². The highest BCUT2D eigenvalue weighted by molar-refractivity contribution is 7.89. The van der Waals surface area contributed by atoms with Gasteiger partial charge in [-0.05, 0) is 48.9 Å². The molecule has 0 spiro atoms. The van der Waals surface area contributed by atoms with Crippen molar-refractivity contribution in [3.05, 3.63) is 95.1 Å². The SMILES string of the molecule is Cc1ccc(S(=O)(=O)N(C)Cc2ccc(C(=O)N/N=C/c3ccccc3OC(F)F)cc2)cc1. The molecule has 1 N–H and O–H groups in total. The van der Waals surface area contributed by atoms with Crippen molar-refractivity contribution >= 4 is 22.1 Å². The average Bonchev–Trinajstić information content (AvgIpc) is 2.80. The highest BCUT2D eigenvalue weighted by atomic mass is 32.2. The first-order valence-electron chi connectivity index (χ1n) is 10.2. The molecule has 0 fully saturated rings. The molecule has 178 valence electrons. The lowest BCUT2D eigenvalue weighted by Gasteiger charge is -2.17. The lowest BCUT2D eigenvalue weighted by atomic mass is 10.1. The van der Waals surface area contributed by atoms with Crippen molar-refractivity contribution in [3.8, 4) is 5.75 Å². The van der Waals surface area contributed by atoms with Crippen LogP contribution in [0.5, 0.6) is 5.75 Å². The minimum absolute atomic E-state index is 0.0652. The molecule has 0 aromatic heterocycles. The molecule has 0 unspecified atom stereocenters. The van der Waals surface area contributed by atoms with Crippen LogP contribution in [-0.2, 0) is 16.6 Å². The lowest BCUT2D eigenvalue weighted by molar-refractivity contribution is -0.0499.